The number of para-hydroxylation sites is 1. The summed E-state index contributed by atoms with van der Waals surface area (Å²) in [6, 6.07) is 21.3. The zero-order valence-electron chi connectivity index (χ0n) is 18.5. The Morgan fingerprint density at radius 3 is 2.30 bits per heavy atom. The molecular formula is C25H26N2O5S. The lowest BCUT2D eigenvalue weighted by Crippen LogP contribution is -2.29. The summed E-state index contributed by atoms with van der Waals surface area (Å²) in [7, 11) is -3.46. The van der Waals surface area contributed by atoms with Crippen LogP contribution in [0.5, 0.6) is 11.5 Å². The third kappa shape index (κ3) is 5.46. The Morgan fingerprint density at radius 2 is 1.64 bits per heavy atom. The number of anilines is 1. The monoisotopic (exact) mass is 466 g/mol. The fourth-order valence-electron chi connectivity index (χ4n) is 3.61. The van der Waals surface area contributed by atoms with E-state index in [9.17, 15) is 13.2 Å². The minimum Gasteiger partial charge on any atom is -0.486 e. The SMILES string of the molecule is C[C@H](NC(=O)c1ccc(CN(c2ccccc2)S(C)(=O)=O)cc1)c1ccc2c(c1)OCCO2. The van der Waals surface area contributed by atoms with Crippen molar-refractivity contribution >= 4 is 21.6 Å². The lowest BCUT2D eigenvalue weighted by atomic mass is 10.1. The Balaban J connectivity index is 1.43. The van der Waals surface area contributed by atoms with Crippen molar-refractivity contribution in [1.29, 1.82) is 0 Å². The van der Waals surface area contributed by atoms with Gasteiger partial charge in [-0.05, 0) is 54.4 Å². The van der Waals surface area contributed by atoms with Crippen LogP contribution in [0, 0.1) is 0 Å². The molecule has 0 saturated heterocycles. The standard InChI is InChI=1S/C25H26N2O5S/c1-18(21-12-13-23-24(16-21)32-15-14-31-23)26-25(28)20-10-8-19(9-11-20)17-27(33(2,29)30)22-6-4-3-5-7-22/h3-13,16,18H,14-15,17H2,1-2H3,(H,26,28)/t18-/m0/s1. The fraction of sp³-hybridized carbons (Fsp3) is 0.240. The average molecular weight is 467 g/mol. The molecule has 7 nitrogen and oxygen atoms in total. The highest BCUT2D eigenvalue weighted by molar-refractivity contribution is 7.92. The van der Waals surface area contributed by atoms with Crippen molar-refractivity contribution in [2.45, 2.75) is 19.5 Å². The first-order valence-corrected chi connectivity index (χ1v) is 12.5. The van der Waals surface area contributed by atoms with Crippen molar-refractivity contribution in [2.75, 3.05) is 23.8 Å². The molecule has 4 rings (SSSR count). The van der Waals surface area contributed by atoms with Crippen molar-refractivity contribution in [1.82, 2.24) is 5.32 Å². The molecule has 3 aromatic carbocycles. The summed E-state index contributed by atoms with van der Waals surface area (Å²) >= 11 is 0. The van der Waals surface area contributed by atoms with E-state index >= 15 is 0 Å². The third-order valence-electron chi connectivity index (χ3n) is 5.40. The first-order chi connectivity index (χ1) is 15.8. The molecule has 0 radical (unpaired) electrons. The second-order valence-corrected chi connectivity index (χ2v) is 9.81. The summed E-state index contributed by atoms with van der Waals surface area (Å²) in [4.78, 5) is 12.8. The van der Waals surface area contributed by atoms with Gasteiger partial charge in [-0.2, -0.15) is 0 Å². The number of amides is 1. The molecule has 0 unspecified atom stereocenters. The van der Waals surface area contributed by atoms with Gasteiger partial charge in [-0.3, -0.25) is 9.10 Å². The first-order valence-electron chi connectivity index (χ1n) is 10.6. The fourth-order valence-corrected chi connectivity index (χ4v) is 4.50. The van der Waals surface area contributed by atoms with E-state index in [0.29, 0.717) is 36.0 Å². The van der Waals surface area contributed by atoms with E-state index in [4.69, 9.17) is 9.47 Å². The number of fused-ring (bicyclic) bond motifs is 1. The van der Waals surface area contributed by atoms with Crippen molar-refractivity contribution in [2.24, 2.45) is 0 Å². The van der Waals surface area contributed by atoms with Crippen molar-refractivity contribution in [3.63, 3.8) is 0 Å². The zero-order chi connectivity index (χ0) is 23.4. The predicted octanol–water partition coefficient (Wildman–Crippen LogP) is 3.92. The molecule has 1 amide bonds. The summed E-state index contributed by atoms with van der Waals surface area (Å²) in [6.07, 6.45) is 1.18. The van der Waals surface area contributed by atoms with Crippen LogP contribution in [0.1, 0.15) is 34.5 Å². The maximum Gasteiger partial charge on any atom is 0.251 e. The van der Waals surface area contributed by atoms with Gasteiger partial charge in [0.2, 0.25) is 10.0 Å². The van der Waals surface area contributed by atoms with Crippen molar-refractivity contribution in [3.05, 3.63) is 89.5 Å². The molecule has 0 aromatic heterocycles. The van der Waals surface area contributed by atoms with E-state index in [1.807, 2.05) is 31.2 Å². The smallest absolute Gasteiger partial charge is 0.251 e. The number of hydrogen-bond donors (Lipinski definition) is 1. The molecule has 33 heavy (non-hydrogen) atoms. The predicted molar refractivity (Wildman–Crippen MR) is 127 cm³/mol. The maximum absolute atomic E-state index is 12.8. The van der Waals surface area contributed by atoms with Gasteiger partial charge in [0.05, 0.1) is 24.5 Å². The maximum atomic E-state index is 12.8. The Bertz CT molecular complexity index is 1230. The van der Waals surface area contributed by atoms with Crippen LogP contribution in [0.4, 0.5) is 5.69 Å². The molecule has 1 N–H and O–H groups in total. The number of carbonyl (C=O) groups excluding carboxylic acids is 1. The summed E-state index contributed by atoms with van der Waals surface area (Å²) < 4.78 is 37.1. The summed E-state index contributed by atoms with van der Waals surface area (Å²) in [5.74, 6) is 1.17. The molecule has 0 aliphatic carbocycles. The lowest BCUT2D eigenvalue weighted by Gasteiger charge is -2.22. The van der Waals surface area contributed by atoms with Crippen LogP contribution in [0.2, 0.25) is 0 Å². The molecule has 8 heteroatoms. The van der Waals surface area contributed by atoms with Gasteiger partial charge in [-0.1, -0.05) is 36.4 Å². The summed E-state index contributed by atoms with van der Waals surface area (Å²) in [5.41, 5.74) is 2.78. The lowest BCUT2D eigenvalue weighted by molar-refractivity contribution is 0.0939. The van der Waals surface area contributed by atoms with E-state index in [-0.39, 0.29) is 18.5 Å². The van der Waals surface area contributed by atoms with Gasteiger partial charge >= 0.3 is 0 Å². The van der Waals surface area contributed by atoms with Crippen LogP contribution in [-0.2, 0) is 16.6 Å². The molecule has 1 heterocycles. The molecule has 0 saturated carbocycles. The second kappa shape index (κ2) is 9.54. The third-order valence-corrected chi connectivity index (χ3v) is 6.54. The molecule has 1 aliphatic heterocycles. The van der Waals surface area contributed by atoms with Crippen molar-refractivity contribution < 1.29 is 22.7 Å². The molecule has 0 bridgehead atoms. The topological polar surface area (TPSA) is 84.9 Å². The Kier molecular flexibility index (Phi) is 6.55. The molecule has 0 fully saturated rings. The van der Waals surface area contributed by atoms with Gasteiger partial charge in [-0.15, -0.1) is 0 Å². The normalized spacial score (nSPS) is 13.8. The van der Waals surface area contributed by atoms with Crippen molar-refractivity contribution in [3.8, 4) is 11.5 Å². The van der Waals surface area contributed by atoms with Crippen LogP contribution >= 0.6 is 0 Å². The number of benzene rings is 3. The average Bonchev–Trinajstić information content (AvgIpc) is 2.82. The number of rotatable bonds is 7. The summed E-state index contributed by atoms with van der Waals surface area (Å²) in [5, 5.41) is 2.99. The van der Waals surface area contributed by atoms with Gasteiger partial charge in [-0.25, -0.2) is 8.42 Å². The molecular weight excluding hydrogens is 440 g/mol. The van der Waals surface area contributed by atoms with Gasteiger partial charge in [0.15, 0.2) is 11.5 Å². The van der Waals surface area contributed by atoms with Crippen LogP contribution in [-0.4, -0.2) is 33.8 Å². The van der Waals surface area contributed by atoms with Crippen LogP contribution in [0.3, 0.4) is 0 Å². The highest BCUT2D eigenvalue weighted by Gasteiger charge is 2.19. The quantitative estimate of drug-likeness (QED) is 0.571. The Morgan fingerprint density at radius 1 is 0.970 bits per heavy atom. The number of nitrogens with zero attached hydrogens (tertiary/aromatic N) is 1. The minimum atomic E-state index is -3.46. The van der Waals surface area contributed by atoms with Gasteiger partial charge < -0.3 is 14.8 Å². The van der Waals surface area contributed by atoms with Crippen LogP contribution < -0.4 is 19.1 Å². The van der Waals surface area contributed by atoms with E-state index in [1.165, 1.54) is 10.6 Å². The van der Waals surface area contributed by atoms with Gasteiger partial charge in [0.1, 0.15) is 13.2 Å². The Hall–Kier alpha value is -3.52. The summed E-state index contributed by atoms with van der Waals surface area (Å²) in [6.45, 7) is 3.12. The number of sulfonamides is 1. The molecule has 3 aromatic rings. The molecule has 1 atom stereocenters. The second-order valence-electron chi connectivity index (χ2n) is 7.90. The highest BCUT2D eigenvalue weighted by atomic mass is 32.2. The van der Waals surface area contributed by atoms with E-state index in [2.05, 4.69) is 5.32 Å². The number of hydrogen-bond acceptors (Lipinski definition) is 5. The Labute approximate surface area is 194 Å². The highest BCUT2D eigenvalue weighted by Crippen LogP contribution is 2.32. The molecule has 1 aliphatic rings. The number of nitrogens with one attached hydrogen (secondary N) is 1. The van der Waals surface area contributed by atoms with E-state index in [0.717, 1.165) is 11.1 Å². The molecule has 172 valence electrons. The largest absolute Gasteiger partial charge is 0.486 e. The zero-order valence-corrected chi connectivity index (χ0v) is 19.3. The van der Waals surface area contributed by atoms with Crippen LogP contribution in [0.25, 0.3) is 0 Å². The van der Waals surface area contributed by atoms with E-state index < -0.39 is 10.0 Å². The molecule has 0 spiro atoms. The number of carbonyl (C=O) groups is 1. The van der Waals surface area contributed by atoms with Crippen LogP contribution in [0.15, 0.2) is 72.8 Å². The first kappa shape index (κ1) is 22.7. The minimum absolute atomic E-state index is 0.179. The van der Waals surface area contributed by atoms with E-state index in [1.54, 1.807) is 48.5 Å². The van der Waals surface area contributed by atoms with Gasteiger partial charge in [0.25, 0.3) is 5.91 Å². The number of ether oxygens (including phenoxy) is 2. The van der Waals surface area contributed by atoms with Gasteiger partial charge in [0, 0.05) is 5.56 Å².